The number of likely N-dealkylation sites (N-methyl/N-ethyl adjacent to an activating group) is 1. The van der Waals surface area contributed by atoms with E-state index in [-0.39, 0.29) is 17.7 Å². The minimum absolute atomic E-state index is 0.285. The number of nitrogens with zero attached hydrogens (tertiary/aromatic N) is 1. The first-order valence-corrected chi connectivity index (χ1v) is 7.17. The molecule has 5 heteroatoms. The summed E-state index contributed by atoms with van der Waals surface area (Å²) in [5.74, 6) is -0.667. The van der Waals surface area contributed by atoms with E-state index in [1.54, 1.807) is 24.4 Å². The van der Waals surface area contributed by atoms with Crippen molar-refractivity contribution in [2.45, 2.75) is 19.4 Å². The number of hydrogen-bond acceptors (Lipinski definition) is 2. The molecule has 0 bridgehead atoms. The van der Waals surface area contributed by atoms with E-state index in [9.17, 15) is 8.78 Å². The zero-order valence-electron chi connectivity index (χ0n) is 11.0. The predicted octanol–water partition coefficient (Wildman–Crippen LogP) is 4.02. The van der Waals surface area contributed by atoms with Crippen molar-refractivity contribution < 1.29 is 8.78 Å². The van der Waals surface area contributed by atoms with Crippen LogP contribution in [0.5, 0.6) is 0 Å². The molecule has 1 atom stereocenters. The van der Waals surface area contributed by atoms with Crippen LogP contribution < -0.4 is 5.32 Å². The summed E-state index contributed by atoms with van der Waals surface area (Å²) < 4.78 is 28.5. The van der Waals surface area contributed by atoms with E-state index in [0.717, 1.165) is 4.47 Å². The van der Waals surface area contributed by atoms with Gasteiger partial charge in [0.05, 0.1) is 6.20 Å². The molecule has 1 aromatic heterocycles. The average Bonchev–Trinajstić information content (AvgIpc) is 2.43. The molecule has 0 spiro atoms. The van der Waals surface area contributed by atoms with Crippen LogP contribution in [0.25, 0.3) is 0 Å². The zero-order valence-corrected chi connectivity index (χ0v) is 12.6. The third-order valence-corrected chi connectivity index (χ3v) is 3.55. The number of aromatic nitrogens is 1. The van der Waals surface area contributed by atoms with Gasteiger partial charge < -0.3 is 5.32 Å². The Morgan fingerprint density at radius 3 is 2.75 bits per heavy atom. The topological polar surface area (TPSA) is 24.9 Å². The minimum Gasteiger partial charge on any atom is -0.310 e. The first-order chi connectivity index (χ1) is 9.61. The second-order valence-electron chi connectivity index (χ2n) is 4.45. The van der Waals surface area contributed by atoms with E-state index in [1.165, 1.54) is 12.3 Å². The zero-order chi connectivity index (χ0) is 14.5. The summed E-state index contributed by atoms with van der Waals surface area (Å²) in [6, 6.07) is 6.11. The fourth-order valence-corrected chi connectivity index (χ4v) is 2.54. The molecule has 0 aliphatic carbocycles. The Kier molecular flexibility index (Phi) is 5.20. The minimum atomic E-state index is -0.381. The molecular formula is C15H15BrF2N2. The van der Waals surface area contributed by atoms with Crippen molar-refractivity contribution in [1.29, 1.82) is 0 Å². The molecule has 0 aliphatic heterocycles. The van der Waals surface area contributed by atoms with Crippen LogP contribution in [0, 0.1) is 11.6 Å². The van der Waals surface area contributed by atoms with Crippen LogP contribution in [0.2, 0.25) is 0 Å². The largest absolute Gasteiger partial charge is 0.310 e. The Bertz CT molecular complexity index is 590. The molecule has 2 nitrogen and oxygen atoms in total. The Labute approximate surface area is 125 Å². The standard InChI is InChI=1S/C15H15BrF2N2/c1-2-20-15(12-5-6-19-9-14(12)18)8-10-7-11(16)3-4-13(10)17/h3-7,9,15,20H,2,8H2,1H3. The Morgan fingerprint density at radius 2 is 2.05 bits per heavy atom. The fraction of sp³-hybridized carbons (Fsp3) is 0.267. The summed E-state index contributed by atoms with van der Waals surface area (Å²) in [6.45, 7) is 2.60. The maximum atomic E-state index is 13.8. The van der Waals surface area contributed by atoms with Crippen molar-refractivity contribution >= 4 is 15.9 Å². The summed E-state index contributed by atoms with van der Waals surface area (Å²) in [6.07, 6.45) is 3.09. The fourth-order valence-electron chi connectivity index (χ4n) is 2.13. The van der Waals surface area contributed by atoms with Crippen LogP contribution in [0.1, 0.15) is 24.1 Å². The number of benzene rings is 1. The van der Waals surface area contributed by atoms with Crippen LogP contribution in [0.3, 0.4) is 0 Å². The van der Waals surface area contributed by atoms with Gasteiger partial charge in [0.2, 0.25) is 0 Å². The highest BCUT2D eigenvalue weighted by Gasteiger charge is 2.17. The lowest BCUT2D eigenvalue weighted by Crippen LogP contribution is -2.24. The van der Waals surface area contributed by atoms with E-state index < -0.39 is 0 Å². The molecule has 20 heavy (non-hydrogen) atoms. The molecule has 0 saturated carbocycles. The van der Waals surface area contributed by atoms with Crippen LogP contribution in [0.4, 0.5) is 8.78 Å². The van der Waals surface area contributed by atoms with Gasteiger partial charge in [0, 0.05) is 22.3 Å². The van der Waals surface area contributed by atoms with Gasteiger partial charge in [-0.05, 0) is 42.8 Å². The van der Waals surface area contributed by atoms with Gasteiger partial charge in [-0.25, -0.2) is 8.78 Å². The second kappa shape index (κ2) is 6.90. The SMILES string of the molecule is CCNC(Cc1cc(Br)ccc1F)c1ccncc1F. The molecule has 1 N–H and O–H groups in total. The Hall–Kier alpha value is -1.33. The van der Waals surface area contributed by atoms with Crippen LogP contribution in [-0.2, 0) is 6.42 Å². The van der Waals surface area contributed by atoms with Gasteiger partial charge in [-0.2, -0.15) is 0 Å². The van der Waals surface area contributed by atoms with Crippen LogP contribution in [-0.4, -0.2) is 11.5 Å². The molecule has 2 aromatic rings. The maximum absolute atomic E-state index is 13.8. The third-order valence-electron chi connectivity index (χ3n) is 3.06. The van der Waals surface area contributed by atoms with Crippen LogP contribution in [0.15, 0.2) is 41.1 Å². The molecular weight excluding hydrogens is 326 g/mol. The number of pyridine rings is 1. The molecule has 0 amide bonds. The van der Waals surface area contributed by atoms with Gasteiger partial charge in [0.25, 0.3) is 0 Å². The van der Waals surface area contributed by atoms with Gasteiger partial charge in [-0.3, -0.25) is 4.98 Å². The molecule has 0 radical (unpaired) electrons. The number of halogens is 3. The van der Waals surface area contributed by atoms with E-state index in [1.807, 2.05) is 6.92 Å². The molecule has 0 saturated heterocycles. The van der Waals surface area contributed by atoms with Crippen LogP contribution >= 0.6 is 15.9 Å². The van der Waals surface area contributed by atoms with Crippen molar-refractivity contribution in [3.05, 3.63) is 63.9 Å². The summed E-state index contributed by atoms with van der Waals surface area (Å²) >= 11 is 3.32. The van der Waals surface area contributed by atoms with E-state index in [2.05, 4.69) is 26.2 Å². The lowest BCUT2D eigenvalue weighted by molar-refractivity contribution is 0.496. The van der Waals surface area contributed by atoms with E-state index in [4.69, 9.17) is 0 Å². The highest BCUT2D eigenvalue weighted by atomic mass is 79.9. The summed E-state index contributed by atoms with van der Waals surface area (Å²) in [5, 5.41) is 3.19. The van der Waals surface area contributed by atoms with Crippen molar-refractivity contribution in [1.82, 2.24) is 10.3 Å². The lowest BCUT2D eigenvalue weighted by atomic mass is 9.99. The number of hydrogen-bond donors (Lipinski definition) is 1. The molecule has 0 fully saturated rings. The average molecular weight is 341 g/mol. The maximum Gasteiger partial charge on any atom is 0.146 e. The van der Waals surface area contributed by atoms with Gasteiger partial charge >= 0.3 is 0 Å². The lowest BCUT2D eigenvalue weighted by Gasteiger charge is -2.19. The van der Waals surface area contributed by atoms with Gasteiger partial charge in [-0.1, -0.05) is 22.9 Å². The quantitative estimate of drug-likeness (QED) is 0.889. The highest BCUT2D eigenvalue weighted by Crippen LogP contribution is 2.24. The Morgan fingerprint density at radius 1 is 1.25 bits per heavy atom. The van der Waals surface area contributed by atoms with Gasteiger partial charge in [0.1, 0.15) is 11.6 Å². The van der Waals surface area contributed by atoms with Gasteiger partial charge in [-0.15, -0.1) is 0 Å². The molecule has 1 unspecified atom stereocenters. The smallest absolute Gasteiger partial charge is 0.146 e. The first kappa shape index (κ1) is 15.1. The number of rotatable bonds is 5. The molecule has 1 aromatic carbocycles. The monoisotopic (exact) mass is 340 g/mol. The third kappa shape index (κ3) is 3.61. The number of nitrogens with one attached hydrogen (secondary N) is 1. The molecule has 106 valence electrons. The summed E-state index contributed by atoms with van der Waals surface area (Å²) in [4.78, 5) is 3.74. The predicted molar refractivity (Wildman–Crippen MR) is 78.4 cm³/mol. The molecule has 1 heterocycles. The van der Waals surface area contributed by atoms with Crippen molar-refractivity contribution in [3.8, 4) is 0 Å². The highest BCUT2D eigenvalue weighted by molar-refractivity contribution is 9.10. The van der Waals surface area contributed by atoms with Crippen molar-refractivity contribution in [2.75, 3.05) is 6.54 Å². The van der Waals surface area contributed by atoms with Crippen molar-refractivity contribution in [3.63, 3.8) is 0 Å². The van der Waals surface area contributed by atoms with E-state index >= 15 is 0 Å². The normalized spacial score (nSPS) is 12.4. The summed E-state index contributed by atoms with van der Waals surface area (Å²) in [5.41, 5.74) is 1.04. The first-order valence-electron chi connectivity index (χ1n) is 6.38. The second-order valence-corrected chi connectivity index (χ2v) is 5.36. The molecule has 0 aliphatic rings. The van der Waals surface area contributed by atoms with E-state index in [0.29, 0.717) is 24.1 Å². The van der Waals surface area contributed by atoms with Gasteiger partial charge in [0.15, 0.2) is 0 Å². The molecule has 2 rings (SSSR count). The Balaban J connectivity index is 2.30. The van der Waals surface area contributed by atoms with Crippen molar-refractivity contribution in [2.24, 2.45) is 0 Å². The summed E-state index contributed by atoms with van der Waals surface area (Å²) in [7, 11) is 0.